The highest BCUT2D eigenvalue weighted by Gasteiger charge is 2.53. The third-order valence-electron chi connectivity index (χ3n) is 7.10. The molecule has 2 aliphatic rings. The third-order valence-corrected chi connectivity index (χ3v) is 7.10. The van der Waals surface area contributed by atoms with Crippen LogP contribution in [-0.2, 0) is 9.53 Å². The number of para-hydroxylation sites is 1. The van der Waals surface area contributed by atoms with E-state index in [1.807, 2.05) is 42.3 Å². The number of hydrogen-bond donors (Lipinski definition) is 2. The number of hydrogen-bond acceptors (Lipinski definition) is 5. The van der Waals surface area contributed by atoms with Crippen LogP contribution in [0.3, 0.4) is 0 Å². The fourth-order valence-corrected chi connectivity index (χ4v) is 5.07. The highest BCUT2D eigenvalue weighted by Crippen LogP contribution is 2.41. The zero-order valence-corrected chi connectivity index (χ0v) is 20.8. The Morgan fingerprint density at radius 3 is 2.63 bits per heavy atom. The van der Waals surface area contributed by atoms with Crippen LogP contribution in [0.1, 0.15) is 51.5 Å². The van der Waals surface area contributed by atoms with Gasteiger partial charge < -0.3 is 15.4 Å². The SMILES string of the molecule is CCCCC1C(c2ccc(F)cc2)=NN(c2ccccc2)C1(C)C(=O)NCCCC1CNCCO1. The molecule has 2 aromatic carbocycles. The summed E-state index contributed by atoms with van der Waals surface area (Å²) < 4.78 is 19.5. The molecule has 6 nitrogen and oxygen atoms in total. The van der Waals surface area contributed by atoms with E-state index >= 15 is 0 Å². The van der Waals surface area contributed by atoms with Gasteiger partial charge in [0.15, 0.2) is 0 Å². The van der Waals surface area contributed by atoms with Gasteiger partial charge in [-0.3, -0.25) is 4.79 Å². The maximum atomic E-state index is 13.9. The van der Waals surface area contributed by atoms with E-state index in [-0.39, 0.29) is 23.7 Å². The van der Waals surface area contributed by atoms with Crippen molar-refractivity contribution in [3.63, 3.8) is 0 Å². The first kappa shape index (κ1) is 25.3. The van der Waals surface area contributed by atoms with Crippen molar-refractivity contribution in [3.05, 3.63) is 66.0 Å². The van der Waals surface area contributed by atoms with Crippen LogP contribution in [-0.4, -0.2) is 49.5 Å². The number of benzene rings is 2. The summed E-state index contributed by atoms with van der Waals surface area (Å²) in [5.74, 6) is -0.444. The summed E-state index contributed by atoms with van der Waals surface area (Å²) in [7, 11) is 0. The highest BCUT2D eigenvalue weighted by atomic mass is 19.1. The number of ether oxygens (including phenoxy) is 1. The van der Waals surface area contributed by atoms with E-state index in [4.69, 9.17) is 9.84 Å². The first-order chi connectivity index (χ1) is 17.0. The van der Waals surface area contributed by atoms with Crippen molar-refractivity contribution < 1.29 is 13.9 Å². The summed E-state index contributed by atoms with van der Waals surface area (Å²) >= 11 is 0. The van der Waals surface area contributed by atoms with Gasteiger partial charge in [0, 0.05) is 25.6 Å². The van der Waals surface area contributed by atoms with Crippen LogP contribution < -0.4 is 15.6 Å². The molecule has 7 heteroatoms. The molecular weight excluding hydrogens is 443 g/mol. The van der Waals surface area contributed by atoms with Crippen molar-refractivity contribution in [2.45, 2.75) is 57.6 Å². The smallest absolute Gasteiger partial charge is 0.248 e. The van der Waals surface area contributed by atoms with Crippen molar-refractivity contribution in [1.29, 1.82) is 0 Å². The Morgan fingerprint density at radius 1 is 1.17 bits per heavy atom. The normalized spacial score (nSPS) is 24.3. The van der Waals surface area contributed by atoms with Gasteiger partial charge in [-0.15, -0.1) is 0 Å². The first-order valence-electron chi connectivity index (χ1n) is 12.8. The van der Waals surface area contributed by atoms with Gasteiger partial charge in [-0.25, -0.2) is 9.40 Å². The van der Waals surface area contributed by atoms with Crippen molar-refractivity contribution >= 4 is 17.3 Å². The molecule has 188 valence electrons. The van der Waals surface area contributed by atoms with E-state index in [2.05, 4.69) is 17.6 Å². The minimum atomic E-state index is -0.900. The number of unbranched alkanes of at least 4 members (excludes halogenated alkanes) is 1. The van der Waals surface area contributed by atoms with Crippen LogP contribution >= 0.6 is 0 Å². The molecule has 35 heavy (non-hydrogen) atoms. The number of amides is 1. The second-order valence-corrected chi connectivity index (χ2v) is 9.58. The van der Waals surface area contributed by atoms with E-state index in [9.17, 15) is 9.18 Å². The molecule has 3 unspecified atom stereocenters. The molecule has 2 aliphatic heterocycles. The fourth-order valence-electron chi connectivity index (χ4n) is 5.07. The van der Waals surface area contributed by atoms with Crippen LogP contribution in [0.4, 0.5) is 10.1 Å². The van der Waals surface area contributed by atoms with Crippen molar-refractivity contribution in [2.75, 3.05) is 31.3 Å². The van der Waals surface area contributed by atoms with Gasteiger partial charge in [-0.05, 0) is 56.0 Å². The molecule has 0 bridgehead atoms. The minimum absolute atomic E-state index is 0.0361. The van der Waals surface area contributed by atoms with Gasteiger partial charge in [-0.1, -0.05) is 50.1 Å². The van der Waals surface area contributed by atoms with Crippen LogP contribution in [0.2, 0.25) is 0 Å². The maximum absolute atomic E-state index is 13.9. The second-order valence-electron chi connectivity index (χ2n) is 9.58. The first-order valence-corrected chi connectivity index (χ1v) is 12.8. The zero-order chi connectivity index (χ0) is 24.7. The second kappa shape index (κ2) is 11.8. The van der Waals surface area contributed by atoms with Gasteiger partial charge in [0.1, 0.15) is 11.4 Å². The van der Waals surface area contributed by atoms with Crippen LogP contribution in [0, 0.1) is 11.7 Å². The lowest BCUT2D eigenvalue weighted by Gasteiger charge is -2.37. The number of rotatable bonds is 10. The lowest BCUT2D eigenvalue weighted by Crippen LogP contribution is -2.58. The summed E-state index contributed by atoms with van der Waals surface area (Å²) in [6.45, 7) is 7.23. The fraction of sp³-hybridized carbons (Fsp3) is 0.500. The Hall–Kier alpha value is -2.77. The van der Waals surface area contributed by atoms with Gasteiger partial charge in [0.05, 0.1) is 24.1 Å². The van der Waals surface area contributed by atoms with Gasteiger partial charge in [0.2, 0.25) is 5.91 Å². The maximum Gasteiger partial charge on any atom is 0.248 e. The van der Waals surface area contributed by atoms with Crippen LogP contribution in [0.5, 0.6) is 0 Å². The number of carbonyl (C=O) groups is 1. The number of hydrazone groups is 1. The third kappa shape index (κ3) is 5.73. The predicted octanol–water partition coefficient (Wildman–Crippen LogP) is 4.50. The van der Waals surface area contributed by atoms with E-state index in [1.54, 1.807) is 12.1 Å². The number of halogens is 1. The van der Waals surface area contributed by atoms with Gasteiger partial charge >= 0.3 is 0 Å². The lowest BCUT2D eigenvalue weighted by molar-refractivity contribution is -0.126. The Bertz CT molecular complexity index is 992. The number of carbonyl (C=O) groups excluding carboxylic acids is 1. The molecular formula is C28H37FN4O2. The molecule has 0 aromatic heterocycles. The predicted molar refractivity (Wildman–Crippen MR) is 138 cm³/mol. The van der Waals surface area contributed by atoms with Crippen molar-refractivity contribution in [3.8, 4) is 0 Å². The molecule has 2 aromatic rings. The molecule has 1 amide bonds. The van der Waals surface area contributed by atoms with E-state index in [0.717, 1.165) is 68.8 Å². The van der Waals surface area contributed by atoms with E-state index < -0.39 is 5.54 Å². The average molecular weight is 481 g/mol. The Labute approximate surface area is 207 Å². The molecule has 0 saturated carbocycles. The number of nitrogens with one attached hydrogen (secondary N) is 2. The largest absolute Gasteiger partial charge is 0.376 e. The summed E-state index contributed by atoms with van der Waals surface area (Å²) in [4.78, 5) is 13.9. The molecule has 1 fully saturated rings. The highest BCUT2D eigenvalue weighted by molar-refractivity contribution is 6.10. The quantitative estimate of drug-likeness (QED) is 0.492. The summed E-state index contributed by atoms with van der Waals surface area (Å²) in [6.07, 6.45) is 4.78. The molecule has 0 aliphatic carbocycles. The van der Waals surface area contributed by atoms with Crippen LogP contribution in [0.25, 0.3) is 0 Å². The Morgan fingerprint density at radius 2 is 1.94 bits per heavy atom. The van der Waals surface area contributed by atoms with Crippen molar-refractivity contribution in [1.82, 2.24) is 10.6 Å². The van der Waals surface area contributed by atoms with Gasteiger partial charge in [-0.2, -0.15) is 5.10 Å². The standard InChI is InChI=1S/C28H37FN4O2/c1-3-4-12-25-26(21-13-15-22(29)16-14-21)32-33(23-9-6-5-7-10-23)28(25,2)27(34)31-17-8-11-24-20-30-18-19-35-24/h5-7,9-10,13-16,24-25,30H,3-4,8,11-12,17-20H2,1-2H3,(H,31,34). The topological polar surface area (TPSA) is 66.0 Å². The summed E-state index contributed by atoms with van der Waals surface area (Å²) in [6, 6.07) is 16.3. The monoisotopic (exact) mass is 480 g/mol. The molecule has 4 rings (SSSR count). The summed E-state index contributed by atoms with van der Waals surface area (Å²) in [5, 5.41) is 13.4. The van der Waals surface area contributed by atoms with E-state index in [0.29, 0.717) is 6.54 Å². The molecule has 3 atom stereocenters. The lowest BCUT2D eigenvalue weighted by atomic mass is 9.77. The van der Waals surface area contributed by atoms with Crippen molar-refractivity contribution in [2.24, 2.45) is 11.0 Å². The molecule has 2 heterocycles. The molecule has 1 saturated heterocycles. The average Bonchev–Trinajstić information content (AvgIpc) is 3.20. The minimum Gasteiger partial charge on any atom is -0.376 e. The van der Waals surface area contributed by atoms with Crippen LogP contribution in [0.15, 0.2) is 59.7 Å². The van der Waals surface area contributed by atoms with Gasteiger partial charge in [0.25, 0.3) is 0 Å². The van der Waals surface area contributed by atoms with E-state index in [1.165, 1.54) is 12.1 Å². The zero-order valence-electron chi connectivity index (χ0n) is 20.8. The Balaban J connectivity index is 1.58. The molecule has 2 N–H and O–H groups in total. The number of nitrogens with zero attached hydrogens (tertiary/aromatic N) is 2. The summed E-state index contributed by atoms with van der Waals surface area (Å²) in [5.41, 5.74) is 1.65. The Kier molecular flexibility index (Phi) is 8.52. The number of morpholine rings is 1. The molecule has 0 radical (unpaired) electrons. The number of anilines is 1. The molecule has 0 spiro atoms.